The lowest BCUT2D eigenvalue weighted by atomic mass is 10.1. The monoisotopic (exact) mass is 228 g/mol. The molecule has 1 aliphatic heterocycles. The molecule has 4 nitrogen and oxygen atoms in total. The van der Waals surface area contributed by atoms with Gasteiger partial charge in [0.2, 0.25) is 5.95 Å². The minimum Gasteiger partial charge on any atom is -0.352 e. The molecule has 0 amide bonds. The third-order valence-electron chi connectivity index (χ3n) is 3.15. The molecule has 2 atom stereocenters. The van der Waals surface area contributed by atoms with E-state index in [9.17, 15) is 0 Å². The molecule has 3 rings (SSSR count). The van der Waals surface area contributed by atoms with Gasteiger partial charge in [0.1, 0.15) is 0 Å². The van der Waals surface area contributed by atoms with Crippen LogP contribution >= 0.6 is 0 Å². The number of benzene rings is 1. The minimum atomic E-state index is 0.409. The van der Waals surface area contributed by atoms with Gasteiger partial charge < -0.3 is 5.32 Å². The zero-order valence-electron chi connectivity index (χ0n) is 10.1. The standard InChI is InChI=1S/C13H16N4/c1-9-8-10(2)17-13(14-9)15-12(16-17)11-6-4-3-5-7-11/h3-7,9-10H,8H2,1-2H3,(H,14,15,16). The summed E-state index contributed by atoms with van der Waals surface area (Å²) in [5.41, 5.74) is 1.07. The van der Waals surface area contributed by atoms with Crippen LogP contribution < -0.4 is 5.32 Å². The van der Waals surface area contributed by atoms with Crippen molar-refractivity contribution in [2.75, 3.05) is 5.32 Å². The maximum atomic E-state index is 4.58. The molecule has 1 N–H and O–H groups in total. The SMILES string of the molecule is CC1CC(C)n2nc(-c3ccccc3)nc2N1. The first-order valence-corrected chi connectivity index (χ1v) is 6.02. The molecule has 0 aliphatic carbocycles. The van der Waals surface area contributed by atoms with Gasteiger partial charge in [-0.1, -0.05) is 30.3 Å². The second-order valence-corrected chi connectivity index (χ2v) is 4.70. The van der Waals surface area contributed by atoms with Crippen LogP contribution in [0.3, 0.4) is 0 Å². The number of anilines is 1. The predicted octanol–water partition coefficient (Wildman–Crippen LogP) is 2.71. The smallest absolute Gasteiger partial charge is 0.222 e. The minimum absolute atomic E-state index is 0.409. The number of aromatic nitrogens is 3. The van der Waals surface area contributed by atoms with Gasteiger partial charge >= 0.3 is 0 Å². The number of nitrogens with one attached hydrogen (secondary N) is 1. The Hall–Kier alpha value is -1.84. The van der Waals surface area contributed by atoms with Crippen LogP contribution in [0.15, 0.2) is 30.3 Å². The number of hydrogen-bond acceptors (Lipinski definition) is 3. The van der Waals surface area contributed by atoms with E-state index in [1.54, 1.807) is 0 Å². The fourth-order valence-electron chi connectivity index (χ4n) is 2.33. The van der Waals surface area contributed by atoms with E-state index in [0.29, 0.717) is 12.1 Å². The van der Waals surface area contributed by atoms with Crippen molar-refractivity contribution in [3.05, 3.63) is 30.3 Å². The maximum absolute atomic E-state index is 4.58. The topological polar surface area (TPSA) is 42.7 Å². The fraction of sp³-hybridized carbons (Fsp3) is 0.385. The third kappa shape index (κ3) is 1.79. The summed E-state index contributed by atoms with van der Waals surface area (Å²) in [5, 5.41) is 7.95. The van der Waals surface area contributed by atoms with E-state index >= 15 is 0 Å². The van der Waals surface area contributed by atoms with Crippen molar-refractivity contribution < 1.29 is 0 Å². The first-order chi connectivity index (χ1) is 8.24. The molecule has 2 aromatic rings. The van der Waals surface area contributed by atoms with Gasteiger partial charge in [0.05, 0.1) is 6.04 Å². The lowest BCUT2D eigenvalue weighted by molar-refractivity contribution is 0.412. The molecular formula is C13H16N4. The third-order valence-corrected chi connectivity index (χ3v) is 3.15. The van der Waals surface area contributed by atoms with Gasteiger partial charge in [-0.2, -0.15) is 4.98 Å². The van der Waals surface area contributed by atoms with Crippen molar-refractivity contribution in [3.8, 4) is 11.4 Å². The quantitative estimate of drug-likeness (QED) is 0.816. The Kier molecular flexibility index (Phi) is 2.35. The van der Waals surface area contributed by atoms with Crippen molar-refractivity contribution in [1.29, 1.82) is 0 Å². The molecule has 88 valence electrons. The van der Waals surface area contributed by atoms with E-state index in [2.05, 4.69) is 29.2 Å². The molecule has 0 bridgehead atoms. The Bertz CT molecular complexity index is 517. The first-order valence-electron chi connectivity index (χ1n) is 6.02. The second-order valence-electron chi connectivity index (χ2n) is 4.70. The predicted molar refractivity (Wildman–Crippen MR) is 67.9 cm³/mol. The van der Waals surface area contributed by atoms with E-state index in [1.807, 2.05) is 35.0 Å². The number of rotatable bonds is 1. The normalized spacial score (nSPS) is 22.9. The Morgan fingerprint density at radius 2 is 2.00 bits per heavy atom. The molecule has 2 heterocycles. The molecule has 0 spiro atoms. The molecule has 0 fully saturated rings. The van der Waals surface area contributed by atoms with Crippen LogP contribution in [0.5, 0.6) is 0 Å². The lowest BCUT2D eigenvalue weighted by Crippen LogP contribution is -2.29. The van der Waals surface area contributed by atoms with Gasteiger partial charge in [-0.05, 0) is 20.3 Å². The molecule has 1 aliphatic rings. The van der Waals surface area contributed by atoms with Crippen molar-refractivity contribution in [3.63, 3.8) is 0 Å². The van der Waals surface area contributed by atoms with Gasteiger partial charge in [-0.15, -0.1) is 5.10 Å². The summed E-state index contributed by atoms with van der Waals surface area (Å²) in [6.07, 6.45) is 1.09. The second kappa shape index (κ2) is 3.87. The summed E-state index contributed by atoms with van der Waals surface area (Å²) in [7, 11) is 0. The average Bonchev–Trinajstić information content (AvgIpc) is 2.74. The summed E-state index contributed by atoms with van der Waals surface area (Å²) in [5.74, 6) is 1.68. The lowest BCUT2D eigenvalue weighted by Gasteiger charge is -2.26. The van der Waals surface area contributed by atoms with Gasteiger partial charge in [-0.25, -0.2) is 4.68 Å². The zero-order chi connectivity index (χ0) is 11.8. The Morgan fingerprint density at radius 1 is 1.24 bits per heavy atom. The van der Waals surface area contributed by atoms with Crippen LogP contribution in [0.2, 0.25) is 0 Å². The van der Waals surface area contributed by atoms with Crippen LogP contribution in [-0.4, -0.2) is 20.8 Å². The maximum Gasteiger partial charge on any atom is 0.222 e. The Labute approximate surface area is 101 Å². The molecular weight excluding hydrogens is 212 g/mol. The van der Waals surface area contributed by atoms with Crippen molar-refractivity contribution >= 4 is 5.95 Å². The van der Waals surface area contributed by atoms with E-state index in [0.717, 1.165) is 23.8 Å². The van der Waals surface area contributed by atoms with Gasteiger partial charge in [0.15, 0.2) is 5.82 Å². The molecule has 2 unspecified atom stereocenters. The number of nitrogens with zero attached hydrogens (tertiary/aromatic N) is 3. The highest BCUT2D eigenvalue weighted by Crippen LogP contribution is 2.27. The number of fused-ring (bicyclic) bond motifs is 1. The highest BCUT2D eigenvalue weighted by molar-refractivity contribution is 5.56. The van der Waals surface area contributed by atoms with Gasteiger partial charge in [0.25, 0.3) is 0 Å². The molecule has 4 heteroatoms. The van der Waals surface area contributed by atoms with Crippen LogP contribution in [0.1, 0.15) is 26.3 Å². The number of hydrogen-bond donors (Lipinski definition) is 1. The van der Waals surface area contributed by atoms with Gasteiger partial charge in [0, 0.05) is 11.6 Å². The molecule has 0 saturated heterocycles. The summed E-state index contributed by atoms with van der Waals surface area (Å²) in [6, 6.07) is 11.0. The van der Waals surface area contributed by atoms with E-state index < -0.39 is 0 Å². The largest absolute Gasteiger partial charge is 0.352 e. The van der Waals surface area contributed by atoms with E-state index in [-0.39, 0.29) is 0 Å². The fourth-order valence-corrected chi connectivity index (χ4v) is 2.33. The highest BCUT2D eigenvalue weighted by atomic mass is 15.4. The highest BCUT2D eigenvalue weighted by Gasteiger charge is 2.23. The zero-order valence-corrected chi connectivity index (χ0v) is 10.1. The van der Waals surface area contributed by atoms with Crippen molar-refractivity contribution in [1.82, 2.24) is 14.8 Å². The summed E-state index contributed by atoms with van der Waals surface area (Å²) >= 11 is 0. The van der Waals surface area contributed by atoms with Crippen molar-refractivity contribution in [2.24, 2.45) is 0 Å². The summed E-state index contributed by atoms with van der Waals surface area (Å²) < 4.78 is 1.99. The van der Waals surface area contributed by atoms with Crippen LogP contribution in [0, 0.1) is 0 Å². The molecule has 0 saturated carbocycles. The van der Waals surface area contributed by atoms with Crippen LogP contribution in [0.25, 0.3) is 11.4 Å². The van der Waals surface area contributed by atoms with Crippen LogP contribution in [0.4, 0.5) is 5.95 Å². The summed E-state index contributed by atoms with van der Waals surface area (Å²) in [4.78, 5) is 4.56. The van der Waals surface area contributed by atoms with E-state index in [1.165, 1.54) is 0 Å². The van der Waals surface area contributed by atoms with Gasteiger partial charge in [-0.3, -0.25) is 0 Å². The Balaban J connectivity index is 2.03. The molecule has 1 aromatic heterocycles. The first kappa shape index (κ1) is 10.3. The van der Waals surface area contributed by atoms with Crippen LogP contribution in [-0.2, 0) is 0 Å². The molecule has 17 heavy (non-hydrogen) atoms. The Morgan fingerprint density at radius 3 is 2.76 bits per heavy atom. The summed E-state index contributed by atoms with van der Waals surface area (Å²) in [6.45, 7) is 4.36. The molecule has 0 radical (unpaired) electrons. The average molecular weight is 228 g/mol. The van der Waals surface area contributed by atoms with Crippen molar-refractivity contribution in [2.45, 2.75) is 32.4 Å². The molecule has 1 aromatic carbocycles. The van der Waals surface area contributed by atoms with E-state index in [4.69, 9.17) is 0 Å².